The van der Waals surface area contributed by atoms with Gasteiger partial charge in [-0.25, -0.2) is 5.01 Å². The summed E-state index contributed by atoms with van der Waals surface area (Å²) in [4.78, 5) is 22.2. The number of hydrazine groups is 1. The summed E-state index contributed by atoms with van der Waals surface area (Å²) in [7, 11) is 0. The molecule has 1 aromatic rings. The number of hydrogen-bond acceptors (Lipinski definition) is 4. The van der Waals surface area contributed by atoms with E-state index in [1.54, 1.807) is 0 Å². The number of hydrogen-bond donors (Lipinski definition) is 3. The van der Waals surface area contributed by atoms with Gasteiger partial charge >= 0.3 is 5.97 Å². The summed E-state index contributed by atoms with van der Waals surface area (Å²) in [5, 5.41) is 10.5. The zero-order chi connectivity index (χ0) is 13.5. The Hall–Kier alpha value is -1.53. The number of carbonyl (C=O) groups is 2. The van der Waals surface area contributed by atoms with Gasteiger partial charge in [0.2, 0.25) is 5.91 Å². The van der Waals surface area contributed by atoms with E-state index >= 15 is 0 Å². The number of benzene rings is 1. The van der Waals surface area contributed by atoms with Crippen molar-refractivity contribution in [1.29, 1.82) is 0 Å². The van der Waals surface area contributed by atoms with Crippen LogP contribution < -0.4 is 5.43 Å². The monoisotopic (exact) mass is 268 g/mol. The van der Waals surface area contributed by atoms with Crippen molar-refractivity contribution in [2.45, 2.75) is 19.5 Å². The SMILES string of the molecule is CC(=O)NN(Cc1ccccc1)[C@@H](CS)C(=O)O. The van der Waals surface area contributed by atoms with Crippen LogP contribution in [0.25, 0.3) is 0 Å². The second kappa shape index (κ2) is 7.03. The predicted molar refractivity (Wildman–Crippen MR) is 71.1 cm³/mol. The van der Waals surface area contributed by atoms with Gasteiger partial charge in [0.15, 0.2) is 0 Å². The molecule has 0 aliphatic heterocycles. The molecule has 0 aromatic heterocycles. The van der Waals surface area contributed by atoms with Gasteiger partial charge < -0.3 is 5.11 Å². The second-order valence-corrected chi connectivity index (χ2v) is 4.18. The lowest BCUT2D eigenvalue weighted by Gasteiger charge is -2.27. The van der Waals surface area contributed by atoms with Crippen LogP contribution in [0.4, 0.5) is 0 Å². The fourth-order valence-electron chi connectivity index (χ4n) is 1.52. The molecule has 18 heavy (non-hydrogen) atoms. The van der Waals surface area contributed by atoms with Gasteiger partial charge in [0.1, 0.15) is 6.04 Å². The number of rotatable bonds is 6. The maximum absolute atomic E-state index is 11.1. The Kier molecular flexibility index (Phi) is 5.67. The number of nitrogens with zero attached hydrogens (tertiary/aromatic N) is 1. The van der Waals surface area contributed by atoms with E-state index < -0.39 is 12.0 Å². The molecule has 2 N–H and O–H groups in total. The Morgan fingerprint density at radius 3 is 2.44 bits per heavy atom. The molecule has 0 aliphatic rings. The van der Waals surface area contributed by atoms with Crippen LogP contribution in [0.15, 0.2) is 30.3 Å². The van der Waals surface area contributed by atoms with Crippen LogP contribution in [0.5, 0.6) is 0 Å². The molecule has 1 aromatic carbocycles. The zero-order valence-corrected chi connectivity index (χ0v) is 10.9. The van der Waals surface area contributed by atoms with Crippen molar-refractivity contribution < 1.29 is 14.7 Å². The van der Waals surface area contributed by atoms with Gasteiger partial charge in [0.25, 0.3) is 0 Å². The molecule has 0 unspecified atom stereocenters. The van der Waals surface area contributed by atoms with E-state index in [2.05, 4.69) is 18.1 Å². The highest BCUT2D eigenvalue weighted by Gasteiger charge is 2.25. The van der Waals surface area contributed by atoms with Crippen molar-refractivity contribution >= 4 is 24.5 Å². The van der Waals surface area contributed by atoms with E-state index in [0.717, 1.165) is 5.56 Å². The first kappa shape index (κ1) is 14.5. The molecular weight excluding hydrogens is 252 g/mol. The van der Waals surface area contributed by atoms with Crippen molar-refractivity contribution in [2.24, 2.45) is 0 Å². The summed E-state index contributed by atoms with van der Waals surface area (Å²) in [5.41, 5.74) is 3.44. The summed E-state index contributed by atoms with van der Waals surface area (Å²) >= 11 is 4.01. The van der Waals surface area contributed by atoms with E-state index in [0.29, 0.717) is 6.54 Å². The lowest BCUT2D eigenvalue weighted by Crippen LogP contribution is -2.51. The van der Waals surface area contributed by atoms with Gasteiger partial charge in [0.05, 0.1) is 0 Å². The van der Waals surface area contributed by atoms with Crippen LogP contribution in [0.3, 0.4) is 0 Å². The molecule has 1 amide bonds. The topological polar surface area (TPSA) is 69.6 Å². The molecule has 0 radical (unpaired) electrons. The van der Waals surface area contributed by atoms with Crippen LogP contribution in [0.2, 0.25) is 0 Å². The Bertz CT molecular complexity index is 411. The maximum Gasteiger partial charge on any atom is 0.323 e. The highest BCUT2D eigenvalue weighted by atomic mass is 32.1. The highest BCUT2D eigenvalue weighted by Crippen LogP contribution is 2.07. The molecule has 0 heterocycles. The van der Waals surface area contributed by atoms with Crippen molar-refractivity contribution in [1.82, 2.24) is 10.4 Å². The molecular formula is C12H16N2O3S. The Morgan fingerprint density at radius 2 is 2.00 bits per heavy atom. The van der Waals surface area contributed by atoms with E-state index in [4.69, 9.17) is 5.11 Å². The average Bonchev–Trinajstić information content (AvgIpc) is 2.29. The molecule has 0 aliphatic carbocycles. The average molecular weight is 268 g/mol. The summed E-state index contributed by atoms with van der Waals surface area (Å²) in [6.45, 7) is 1.66. The first-order valence-corrected chi connectivity index (χ1v) is 6.09. The zero-order valence-electron chi connectivity index (χ0n) is 10.0. The summed E-state index contributed by atoms with van der Waals surface area (Å²) < 4.78 is 0. The smallest absolute Gasteiger partial charge is 0.323 e. The molecule has 0 fully saturated rings. The standard InChI is InChI=1S/C12H16N2O3S/c1-9(15)13-14(11(8-18)12(16)17)7-10-5-3-2-4-6-10/h2-6,11,18H,7-8H2,1H3,(H,13,15)(H,16,17)/t11-/m0/s1. The number of nitrogens with one attached hydrogen (secondary N) is 1. The lowest BCUT2D eigenvalue weighted by molar-refractivity contribution is -0.145. The van der Waals surface area contributed by atoms with Gasteiger partial charge in [-0.1, -0.05) is 30.3 Å². The Morgan fingerprint density at radius 1 is 1.39 bits per heavy atom. The third-order valence-corrected chi connectivity index (χ3v) is 2.68. The number of carboxylic acids is 1. The van der Waals surface area contributed by atoms with E-state index in [9.17, 15) is 9.59 Å². The normalized spacial score (nSPS) is 12.2. The number of carbonyl (C=O) groups excluding carboxylic acids is 1. The first-order valence-electron chi connectivity index (χ1n) is 5.46. The molecule has 0 saturated heterocycles. The minimum absolute atomic E-state index is 0.114. The van der Waals surface area contributed by atoms with Gasteiger partial charge in [-0.3, -0.25) is 15.0 Å². The Labute approximate surface area is 111 Å². The molecule has 5 nitrogen and oxygen atoms in total. The molecule has 0 bridgehead atoms. The molecule has 0 spiro atoms. The summed E-state index contributed by atoms with van der Waals surface area (Å²) in [6.07, 6.45) is 0. The third kappa shape index (κ3) is 4.38. The summed E-state index contributed by atoms with van der Waals surface area (Å²) in [5.74, 6) is -1.21. The van der Waals surface area contributed by atoms with Crippen LogP contribution in [0.1, 0.15) is 12.5 Å². The van der Waals surface area contributed by atoms with E-state index in [1.165, 1.54) is 11.9 Å². The maximum atomic E-state index is 11.1. The van der Waals surface area contributed by atoms with Crippen molar-refractivity contribution in [3.05, 3.63) is 35.9 Å². The first-order chi connectivity index (χ1) is 8.54. The summed E-state index contributed by atoms with van der Waals surface area (Å²) in [6, 6.07) is 8.46. The fraction of sp³-hybridized carbons (Fsp3) is 0.333. The predicted octanol–water partition coefficient (Wildman–Crippen LogP) is 0.923. The minimum Gasteiger partial charge on any atom is -0.480 e. The number of carboxylic acid groups (broad SMARTS) is 1. The van der Waals surface area contributed by atoms with Gasteiger partial charge in [-0.2, -0.15) is 12.6 Å². The van der Waals surface area contributed by atoms with E-state index in [1.807, 2.05) is 30.3 Å². The quantitative estimate of drug-likeness (QED) is 0.530. The minimum atomic E-state index is -1.02. The number of amides is 1. The third-order valence-electron chi connectivity index (χ3n) is 2.33. The van der Waals surface area contributed by atoms with Gasteiger partial charge in [-0.15, -0.1) is 0 Å². The van der Waals surface area contributed by atoms with Crippen molar-refractivity contribution in [3.63, 3.8) is 0 Å². The lowest BCUT2D eigenvalue weighted by atomic mass is 10.2. The fourth-order valence-corrected chi connectivity index (χ4v) is 1.87. The van der Waals surface area contributed by atoms with Crippen molar-refractivity contribution in [2.75, 3.05) is 5.75 Å². The van der Waals surface area contributed by atoms with Crippen LogP contribution >= 0.6 is 12.6 Å². The molecule has 98 valence electrons. The largest absolute Gasteiger partial charge is 0.480 e. The number of aliphatic carboxylic acids is 1. The van der Waals surface area contributed by atoms with E-state index in [-0.39, 0.29) is 11.7 Å². The second-order valence-electron chi connectivity index (χ2n) is 3.82. The van der Waals surface area contributed by atoms with Crippen molar-refractivity contribution in [3.8, 4) is 0 Å². The Balaban J connectivity index is 2.84. The van der Waals surface area contributed by atoms with Crippen LogP contribution in [-0.2, 0) is 16.1 Å². The molecule has 6 heteroatoms. The molecule has 0 saturated carbocycles. The van der Waals surface area contributed by atoms with Gasteiger partial charge in [0, 0.05) is 19.2 Å². The number of thiol groups is 1. The molecule has 1 atom stereocenters. The molecule has 1 rings (SSSR count). The van der Waals surface area contributed by atoms with Crippen LogP contribution in [-0.4, -0.2) is 33.8 Å². The highest BCUT2D eigenvalue weighted by molar-refractivity contribution is 7.80. The van der Waals surface area contributed by atoms with Crippen LogP contribution in [0, 0.1) is 0 Å². The van der Waals surface area contributed by atoms with Gasteiger partial charge in [-0.05, 0) is 5.56 Å².